The van der Waals surface area contributed by atoms with Crippen molar-refractivity contribution in [2.75, 3.05) is 12.3 Å². The molecular formula is C13H20N2O4S. The molecule has 7 heteroatoms. The van der Waals surface area contributed by atoms with E-state index in [1.165, 1.54) is 11.3 Å². The second-order valence-electron chi connectivity index (χ2n) is 5.11. The Morgan fingerprint density at radius 2 is 2.10 bits per heavy atom. The number of nitrogens with two attached hydrogens (primary N) is 1. The molecule has 0 aliphatic heterocycles. The monoisotopic (exact) mass is 300 g/mol. The first kappa shape index (κ1) is 16.3. The Hall–Kier alpha value is -1.76. The number of carbonyl (C=O) groups is 2. The van der Waals surface area contributed by atoms with E-state index in [0.717, 1.165) is 0 Å². The molecule has 3 N–H and O–H groups in total. The summed E-state index contributed by atoms with van der Waals surface area (Å²) in [7, 11) is 0. The first-order chi connectivity index (χ1) is 9.23. The zero-order chi connectivity index (χ0) is 15.3. The number of carbonyl (C=O) groups excluding carboxylic acids is 2. The molecule has 0 saturated carbocycles. The van der Waals surface area contributed by atoms with Crippen LogP contribution in [-0.4, -0.2) is 24.3 Å². The molecule has 6 nitrogen and oxygen atoms in total. The quantitative estimate of drug-likeness (QED) is 0.834. The van der Waals surface area contributed by atoms with E-state index < -0.39 is 23.7 Å². The van der Waals surface area contributed by atoms with Gasteiger partial charge in [0.2, 0.25) is 0 Å². The molecule has 112 valence electrons. The van der Waals surface area contributed by atoms with Gasteiger partial charge < -0.3 is 20.5 Å². The highest BCUT2D eigenvalue weighted by Crippen LogP contribution is 2.24. The smallest absolute Gasteiger partial charge is 0.408 e. The van der Waals surface area contributed by atoms with E-state index in [-0.39, 0.29) is 6.61 Å². The number of amides is 1. The van der Waals surface area contributed by atoms with Gasteiger partial charge in [-0.2, -0.15) is 0 Å². The molecule has 0 spiro atoms. The summed E-state index contributed by atoms with van der Waals surface area (Å²) in [6, 6.07) is 0.710. The fraction of sp³-hybridized carbons (Fsp3) is 0.538. The molecule has 0 bridgehead atoms. The molecule has 1 heterocycles. The Labute approximate surface area is 122 Å². The Balaban J connectivity index is 2.84. The van der Waals surface area contributed by atoms with Crippen molar-refractivity contribution >= 4 is 28.4 Å². The second kappa shape index (κ2) is 6.60. The molecule has 1 unspecified atom stereocenters. The second-order valence-corrected chi connectivity index (χ2v) is 6.06. The minimum atomic E-state index is -0.918. The maximum atomic E-state index is 11.9. The van der Waals surface area contributed by atoms with Crippen LogP contribution >= 0.6 is 11.3 Å². The third-order valence-electron chi connectivity index (χ3n) is 2.16. The van der Waals surface area contributed by atoms with Crippen LogP contribution in [0.1, 0.15) is 39.3 Å². The molecule has 0 aliphatic rings. The zero-order valence-corrected chi connectivity index (χ0v) is 12.9. The van der Waals surface area contributed by atoms with Gasteiger partial charge in [0.05, 0.1) is 11.6 Å². The predicted octanol–water partition coefficient (Wildman–Crippen LogP) is 2.46. The average molecular weight is 300 g/mol. The third-order valence-corrected chi connectivity index (χ3v) is 2.94. The van der Waals surface area contributed by atoms with Gasteiger partial charge in [-0.3, -0.25) is 0 Å². The predicted molar refractivity (Wildman–Crippen MR) is 77.5 cm³/mol. The number of hydrogen-bond donors (Lipinski definition) is 2. The Morgan fingerprint density at radius 1 is 1.45 bits per heavy atom. The maximum Gasteiger partial charge on any atom is 0.408 e. The topological polar surface area (TPSA) is 90.6 Å². The van der Waals surface area contributed by atoms with Crippen molar-refractivity contribution in [3.8, 4) is 0 Å². The first-order valence-corrected chi connectivity index (χ1v) is 7.11. The first-order valence-electron chi connectivity index (χ1n) is 6.23. The largest absolute Gasteiger partial charge is 0.464 e. The number of nitrogen functional groups attached to an aromatic ring is 1. The SMILES string of the molecule is CCOC(=O)C(NC(=O)OC(C)(C)C)c1csc(N)c1. The number of hydrogen-bond acceptors (Lipinski definition) is 6. The molecule has 1 atom stereocenters. The van der Waals surface area contributed by atoms with Crippen LogP contribution in [0.3, 0.4) is 0 Å². The van der Waals surface area contributed by atoms with Crippen LogP contribution in [0.4, 0.5) is 9.80 Å². The lowest BCUT2D eigenvalue weighted by molar-refractivity contribution is -0.145. The fourth-order valence-electron chi connectivity index (χ4n) is 1.45. The summed E-state index contributed by atoms with van der Waals surface area (Å²) in [5.41, 5.74) is 5.58. The van der Waals surface area contributed by atoms with Crippen LogP contribution in [0.25, 0.3) is 0 Å². The molecule has 1 aromatic heterocycles. The zero-order valence-electron chi connectivity index (χ0n) is 12.1. The number of alkyl carbamates (subject to hydrolysis) is 1. The Kier molecular flexibility index (Phi) is 5.38. The molecule has 1 amide bonds. The summed E-state index contributed by atoms with van der Waals surface area (Å²) >= 11 is 1.29. The molecule has 20 heavy (non-hydrogen) atoms. The molecule has 1 aromatic rings. The summed E-state index contributed by atoms with van der Waals surface area (Å²) in [5.74, 6) is -0.545. The third kappa shape index (κ3) is 5.08. The van der Waals surface area contributed by atoms with Gasteiger partial charge in [-0.05, 0) is 44.7 Å². The lowest BCUT2D eigenvalue weighted by atomic mass is 10.1. The lowest BCUT2D eigenvalue weighted by Gasteiger charge is -2.22. The highest BCUT2D eigenvalue weighted by Gasteiger charge is 2.27. The highest BCUT2D eigenvalue weighted by molar-refractivity contribution is 7.14. The van der Waals surface area contributed by atoms with Gasteiger partial charge in [0.15, 0.2) is 6.04 Å². The number of ether oxygens (including phenoxy) is 2. The van der Waals surface area contributed by atoms with Crippen LogP contribution in [0, 0.1) is 0 Å². The Morgan fingerprint density at radius 3 is 2.55 bits per heavy atom. The number of nitrogens with one attached hydrogen (secondary N) is 1. The summed E-state index contributed by atoms with van der Waals surface area (Å²) in [6.07, 6.45) is -0.680. The summed E-state index contributed by atoms with van der Waals surface area (Å²) in [5, 5.41) is 4.76. The minimum absolute atomic E-state index is 0.227. The number of rotatable bonds is 4. The number of anilines is 1. The van der Waals surface area contributed by atoms with Gasteiger partial charge in [-0.15, -0.1) is 11.3 Å². The molecular weight excluding hydrogens is 280 g/mol. The normalized spacial score (nSPS) is 12.6. The van der Waals surface area contributed by atoms with Crippen molar-refractivity contribution in [2.24, 2.45) is 0 Å². The van der Waals surface area contributed by atoms with Crippen LogP contribution in [-0.2, 0) is 14.3 Å². The number of esters is 1. The van der Waals surface area contributed by atoms with Crippen LogP contribution in [0.2, 0.25) is 0 Å². The molecule has 0 saturated heterocycles. The van der Waals surface area contributed by atoms with Crippen LogP contribution in [0.15, 0.2) is 11.4 Å². The van der Waals surface area contributed by atoms with Crippen molar-refractivity contribution in [3.63, 3.8) is 0 Å². The van der Waals surface area contributed by atoms with E-state index in [4.69, 9.17) is 15.2 Å². The van der Waals surface area contributed by atoms with Crippen molar-refractivity contribution in [3.05, 3.63) is 17.0 Å². The average Bonchev–Trinajstić information content (AvgIpc) is 2.70. The number of thiophene rings is 1. The Bertz CT molecular complexity index is 479. The van der Waals surface area contributed by atoms with Crippen molar-refractivity contribution in [1.82, 2.24) is 5.32 Å². The molecule has 0 aromatic carbocycles. The summed E-state index contributed by atoms with van der Waals surface area (Å²) < 4.78 is 10.1. The van der Waals surface area contributed by atoms with Crippen molar-refractivity contribution < 1.29 is 19.1 Å². The summed E-state index contributed by atoms with van der Waals surface area (Å²) in [4.78, 5) is 23.7. The molecule has 0 aliphatic carbocycles. The molecule has 0 radical (unpaired) electrons. The van der Waals surface area contributed by atoms with Gasteiger partial charge in [0, 0.05) is 0 Å². The molecule has 1 rings (SSSR count). The van der Waals surface area contributed by atoms with Gasteiger partial charge in [0.25, 0.3) is 0 Å². The van der Waals surface area contributed by atoms with Gasteiger partial charge in [0.1, 0.15) is 5.60 Å². The fourth-order valence-corrected chi connectivity index (χ4v) is 2.13. The standard InChI is InChI=1S/C13H20N2O4S/c1-5-18-11(16)10(8-6-9(14)20-7-8)15-12(17)19-13(2,3)4/h6-7,10H,5,14H2,1-4H3,(H,15,17). The van der Waals surface area contributed by atoms with E-state index in [2.05, 4.69) is 5.32 Å². The minimum Gasteiger partial charge on any atom is -0.464 e. The maximum absolute atomic E-state index is 11.9. The summed E-state index contributed by atoms with van der Waals surface area (Å²) in [6.45, 7) is 7.16. The highest BCUT2D eigenvalue weighted by atomic mass is 32.1. The van der Waals surface area contributed by atoms with Crippen LogP contribution < -0.4 is 11.1 Å². The van der Waals surface area contributed by atoms with E-state index in [0.29, 0.717) is 10.6 Å². The van der Waals surface area contributed by atoms with E-state index in [9.17, 15) is 9.59 Å². The van der Waals surface area contributed by atoms with E-state index in [1.807, 2.05) is 0 Å². The van der Waals surface area contributed by atoms with Gasteiger partial charge >= 0.3 is 12.1 Å². The lowest BCUT2D eigenvalue weighted by Crippen LogP contribution is -2.38. The van der Waals surface area contributed by atoms with E-state index >= 15 is 0 Å². The van der Waals surface area contributed by atoms with Gasteiger partial charge in [-0.25, -0.2) is 9.59 Å². The van der Waals surface area contributed by atoms with Crippen LogP contribution in [0.5, 0.6) is 0 Å². The molecule has 0 fully saturated rings. The van der Waals surface area contributed by atoms with Crippen molar-refractivity contribution in [2.45, 2.75) is 39.3 Å². The van der Waals surface area contributed by atoms with Gasteiger partial charge in [-0.1, -0.05) is 0 Å². The van der Waals surface area contributed by atoms with E-state index in [1.54, 1.807) is 39.1 Å². The van der Waals surface area contributed by atoms with Crippen molar-refractivity contribution in [1.29, 1.82) is 0 Å².